The van der Waals surface area contributed by atoms with Crippen molar-refractivity contribution in [2.75, 3.05) is 59.0 Å². The number of carbonyl (C=O) groups excluding carboxylic acids is 2. The van der Waals surface area contributed by atoms with E-state index in [1.54, 1.807) is 30.0 Å². The number of aliphatic hydroxyl groups excluding tert-OH is 1. The highest BCUT2D eigenvalue weighted by Crippen LogP contribution is 2.31. The minimum Gasteiger partial charge on any atom is -0.488 e. The molecule has 10 nitrogen and oxygen atoms in total. The SMILES string of the molecule is C[C@H](CO)N1C[C@H](C)[C@H](CN(C)S(C)(=O)=O)Oc2ccc(NC(=O)CCCN(C)C)cc2C1=O. The fourth-order valence-electron chi connectivity index (χ4n) is 3.69. The van der Waals surface area contributed by atoms with E-state index in [0.717, 1.165) is 12.8 Å². The monoisotopic (exact) mass is 498 g/mol. The molecule has 0 saturated carbocycles. The number of sulfonamides is 1. The Morgan fingerprint density at radius 2 is 2.00 bits per heavy atom. The lowest BCUT2D eigenvalue weighted by molar-refractivity contribution is -0.116. The third-order valence-electron chi connectivity index (χ3n) is 5.96. The summed E-state index contributed by atoms with van der Waals surface area (Å²) in [4.78, 5) is 29.3. The number of carbonyl (C=O) groups is 2. The molecule has 0 radical (unpaired) electrons. The molecule has 1 aliphatic heterocycles. The summed E-state index contributed by atoms with van der Waals surface area (Å²) in [5.41, 5.74) is 0.728. The van der Waals surface area contributed by atoms with E-state index in [1.165, 1.54) is 11.4 Å². The molecular formula is C23H38N4O6S. The van der Waals surface area contributed by atoms with Crippen LogP contribution in [0.1, 0.15) is 37.0 Å². The second-order valence-corrected chi connectivity index (χ2v) is 11.4. The molecule has 1 heterocycles. The van der Waals surface area contributed by atoms with E-state index in [0.29, 0.717) is 24.3 Å². The Morgan fingerprint density at radius 3 is 2.59 bits per heavy atom. The minimum absolute atomic E-state index is 0.110. The van der Waals surface area contributed by atoms with Crippen molar-refractivity contribution in [3.63, 3.8) is 0 Å². The molecule has 2 N–H and O–H groups in total. The largest absolute Gasteiger partial charge is 0.488 e. The molecule has 2 rings (SSSR count). The molecule has 0 unspecified atom stereocenters. The number of anilines is 1. The highest BCUT2D eigenvalue weighted by Gasteiger charge is 2.34. The van der Waals surface area contributed by atoms with Crippen molar-refractivity contribution in [3.8, 4) is 5.75 Å². The van der Waals surface area contributed by atoms with Crippen LogP contribution in [0.3, 0.4) is 0 Å². The molecule has 2 amide bonds. The smallest absolute Gasteiger partial charge is 0.258 e. The molecule has 0 aliphatic carbocycles. The summed E-state index contributed by atoms with van der Waals surface area (Å²) in [5, 5.41) is 12.6. The molecular weight excluding hydrogens is 460 g/mol. The van der Waals surface area contributed by atoms with E-state index in [1.807, 2.05) is 25.9 Å². The molecule has 34 heavy (non-hydrogen) atoms. The van der Waals surface area contributed by atoms with E-state index in [4.69, 9.17) is 4.74 Å². The zero-order chi connectivity index (χ0) is 25.6. The van der Waals surface area contributed by atoms with Crippen LogP contribution < -0.4 is 10.1 Å². The Labute approximate surface area is 202 Å². The van der Waals surface area contributed by atoms with Crippen LogP contribution in [-0.4, -0.2) is 105 Å². The number of aliphatic hydroxyl groups is 1. The summed E-state index contributed by atoms with van der Waals surface area (Å²) in [6, 6.07) is 4.42. The summed E-state index contributed by atoms with van der Waals surface area (Å²) in [6.45, 7) is 4.60. The normalized spacial score (nSPS) is 19.9. The van der Waals surface area contributed by atoms with E-state index in [2.05, 4.69) is 5.32 Å². The van der Waals surface area contributed by atoms with Crippen molar-refractivity contribution in [2.24, 2.45) is 5.92 Å². The summed E-state index contributed by atoms with van der Waals surface area (Å²) in [5.74, 6) is -0.361. The number of ether oxygens (including phenoxy) is 1. The predicted octanol–water partition coefficient (Wildman–Crippen LogP) is 1.08. The Balaban J connectivity index is 2.35. The second kappa shape index (κ2) is 12.0. The van der Waals surface area contributed by atoms with Crippen LogP contribution in [0.15, 0.2) is 18.2 Å². The van der Waals surface area contributed by atoms with Gasteiger partial charge in [0.2, 0.25) is 15.9 Å². The van der Waals surface area contributed by atoms with E-state index >= 15 is 0 Å². The summed E-state index contributed by atoms with van der Waals surface area (Å²) in [7, 11) is 1.95. The van der Waals surface area contributed by atoms with Crippen LogP contribution in [0.25, 0.3) is 0 Å². The highest BCUT2D eigenvalue weighted by molar-refractivity contribution is 7.88. The minimum atomic E-state index is -3.42. The van der Waals surface area contributed by atoms with Crippen molar-refractivity contribution >= 4 is 27.5 Å². The molecule has 11 heteroatoms. The zero-order valence-electron chi connectivity index (χ0n) is 20.9. The number of hydrogen-bond donors (Lipinski definition) is 2. The van der Waals surface area contributed by atoms with Crippen molar-refractivity contribution in [2.45, 2.75) is 38.8 Å². The van der Waals surface area contributed by atoms with Gasteiger partial charge in [-0.3, -0.25) is 9.59 Å². The third kappa shape index (κ3) is 7.66. The van der Waals surface area contributed by atoms with Crippen LogP contribution in [0.5, 0.6) is 5.75 Å². The van der Waals surface area contributed by atoms with Crippen LogP contribution >= 0.6 is 0 Å². The maximum absolute atomic E-state index is 13.4. The van der Waals surface area contributed by atoms with Crippen LogP contribution in [0.4, 0.5) is 5.69 Å². The number of rotatable bonds is 10. The highest BCUT2D eigenvalue weighted by atomic mass is 32.2. The number of likely N-dealkylation sites (N-methyl/N-ethyl adjacent to an activating group) is 1. The van der Waals surface area contributed by atoms with Crippen molar-refractivity contribution in [1.82, 2.24) is 14.1 Å². The second-order valence-electron chi connectivity index (χ2n) is 9.33. The van der Waals surface area contributed by atoms with Gasteiger partial charge in [0.1, 0.15) is 11.9 Å². The molecule has 0 saturated heterocycles. The molecule has 192 valence electrons. The Hall–Kier alpha value is -2.21. The average molecular weight is 499 g/mol. The zero-order valence-corrected chi connectivity index (χ0v) is 21.8. The van der Waals surface area contributed by atoms with Gasteiger partial charge < -0.3 is 25.0 Å². The van der Waals surface area contributed by atoms with Gasteiger partial charge in [0, 0.05) is 31.6 Å². The van der Waals surface area contributed by atoms with Gasteiger partial charge in [-0.2, -0.15) is 0 Å². The van der Waals surface area contributed by atoms with Gasteiger partial charge in [-0.15, -0.1) is 0 Å². The summed E-state index contributed by atoms with van der Waals surface area (Å²) in [6.07, 6.45) is 1.67. The number of nitrogens with zero attached hydrogens (tertiary/aromatic N) is 3. The van der Waals surface area contributed by atoms with Gasteiger partial charge in [0.15, 0.2) is 0 Å². The van der Waals surface area contributed by atoms with Crippen molar-refractivity contribution in [1.29, 1.82) is 0 Å². The lowest BCUT2D eigenvalue weighted by Gasteiger charge is -2.38. The molecule has 1 aromatic carbocycles. The van der Waals surface area contributed by atoms with E-state index in [-0.39, 0.29) is 43.0 Å². The Bertz CT molecular complexity index is 968. The van der Waals surface area contributed by atoms with Gasteiger partial charge >= 0.3 is 0 Å². The van der Waals surface area contributed by atoms with Gasteiger partial charge in [0.05, 0.1) is 31.0 Å². The lowest BCUT2D eigenvalue weighted by Crippen LogP contribution is -2.50. The number of fused-ring (bicyclic) bond motifs is 1. The first kappa shape index (κ1) is 28.0. The number of nitrogens with one attached hydrogen (secondary N) is 1. The molecule has 1 aliphatic rings. The predicted molar refractivity (Wildman–Crippen MR) is 131 cm³/mol. The topological polar surface area (TPSA) is 119 Å². The molecule has 0 aromatic heterocycles. The van der Waals surface area contributed by atoms with Gasteiger partial charge in [-0.1, -0.05) is 6.92 Å². The fraction of sp³-hybridized carbons (Fsp3) is 0.652. The maximum Gasteiger partial charge on any atom is 0.258 e. The first-order valence-corrected chi connectivity index (χ1v) is 13.3. The number of benzene rings is 1. The quantitative estimate of drug-likeness (QED) is 0.495. The summed E-state index contributed by atoms with van der Waals surface area (Å²) >= 11 is 0. The average Bonchev–Trinajstić information content (AvgIpc) is 2.75. The first-order valence-electron chi connectivity index (χ1n) is 11.4. The molecule has 3 atom stereocenters. The van der Waals surface area contributed by atoms with Crippen molar-refractivity contribution < 1.29 is 27.9 Å². The standard InChI is InChI=1S/C23H38N4O6S/c1-16-13-27(17(2)15-28)23(30)19-12-18(24-22(29)8-7-11-25(3)4)9-10-20(19)33-21(16)14-26(5)34(6,31)32/h9-10,12,16-17,21,28H,7-8,11,13-15H2,1-6H3,(H,24,29)/t16-,17+,21-/m0/s1. The first-order chi connectivity index (χ1) is 15.8. The van der Waals surface area contributed by atoms with Crippen LogP contribution in [0, 0.1) is 5.92 Å². The van der Waals surface area contributed by atoms with Crippen LogP contribution in [0.2, 0.25) is 0 Å². The molecule has 0 bridgehead atoms. The number of hydrogen-bond acceptors (Lipinski definition) is 7. The Morgan fingerprint density at radius 1 is 1.32 bits per heavy atom. The summed E-state index contributed by atoms with van der Waals surface area (Å²) < 4.78 is 31.3. The van der Waals surface area contributed by atoms with Gasteiger partial charge in [0.25, 0.3) is 5.91 Å². The van der Waals surface area contributed by atoms with E-state index < -0.39 is 22.2 Å². The Kier molecular flexibility index (Phi) is 9.86. The van der Waals surface area contributed by atoms with Crippen molar-refractivity contribution in [3.05, 3.63) is 23.8 Å². The van der Waals surface area contributed by atoms with E-state index in [9.17, 15) is 23.1 Å². The third-order valence-corrected chi connectivity index (χ3v) is 7.24. The molecule has 0 spiro atoms. The lowest BCUT2D eigenvalue weighted by atomic mass is 9.99. The van der Waals surface area contributed by atoms with Gasteiger partial charge in [-0.25, -0.2) is 12.7 Å². The van der Waals surface area contributed by atoms with Crippen LogP contribution in [-0.2, 0) is 14.8 Å². The van der Waals surface area contributed by atoms with Gasteiger partial charge in [-0.05, 0) is 52.2 Å². The molecule has 0 fully saturated rings. The molecule has 1 aromatic rings. The fourth-order valence-corrected chi connectivity index (χ4v) is 4.10. The maximum atomic E-state index is 13.4. The number of amides is 2.